The van der Waals surface area contributed by atoms with Crippen molar-refractivity contribution in [1.29, 1.82) is 0 Å². The highest BCUT2D eigenvalue weighted by atomic mass is 127. The Morgan fingerprint density at radius 3 is 2.62 bits per heavy atom. The minimum Gasteiger partial charge on any atom is -0.376 e. The minimum atomic E-state index is 0. The lowest BCUT2D eigenvalue weighted by molar-refractivity contribution is -0.128. The van der Waals surface area contributed by atoms with Gasteiger partial charge in [-0.15, -0.1) is 24.0 Å². The number of allylic oxidation sites excluding steroid dienone is 2. The van der Waals surface area contributed by atoms with Crippen molar-refractivity contribution in [3.8, 4) is 0 Å². The third-order valence-corrected chi connectivity index (χ3v) is 6.06. The standard InChI is InChI=1S/C24H24ClN5O.HI/c1-28-10-4-5-17(16-28)24(31)30-13-11-29(12-14-30)23-19-6-2-3-7-20(19)26-21-9-8-18(25)15-22(21)27-23;/h2-10,15,26H,11-14,16H2,1H3;1H. The second kappa shape index (κ2) is 9.54. The highest BCUT2D eigenvalue weighted by molar-refractivity contribution is 14.0. The van der Waals surface area contributed by atoms with Gasteiger partial charge in [0.15, 0.2) is 0 Å². The number of anilines is 2. The summed E-state index contributed by atoms with van der Waals surface area (Å²) >= 11 is 6.24. The third-order valence-electron chi connectivity index (χ3n) is 5.82. The number of carbonyl (C=O) groups is 1. The molecular weight excluding hydrogens is 537 g/mol. The molecule has 32 heavy (non-hydrogen) atoms. The Bertz CT molecular complexity index is 1120. The summed E-state index contributed by atoms with van der Waals surface area (Å²) in [5.74, 6) is 1.04. The monoisotopic (exact) mass is 561 g/mol. The number of amides is 1. The fourth-order valence-corrected chi connectivity index (χ4v) is 4.36. The number of piperazine rings is 1. The molecule has 166 valence electrons. The SMILES string of the molecule is CN1C=CC=C(C(=O)N2CCN(C3=Nc4cc(Cl)ccc4Nc4ccccc43)CC2)C1.I. The van der Waals surface area contributed by atoms with Gasteiger partial charge < -0.3 is 20.0 Å². The van der Waals surface area contributed by atoms with Crippen molar-refractivity contribution in [3.63, 3.8) is 0 Å². The van der Waals surface area contributed by atoms with Crippen molar-refractivity contribution < 1.29 is 4.79 Å². The van der Waals surface area contributed by atoms with E-state index in [0.29, 0.717) is 24.7 Å². The largest absolute Gasteiger partial charge is 0.376 e. The minimum absolute atomic E-state index is 0. The molecule has 1 saturated heterocycles. The van der Waals surface area contributed by atoms with Crippen LogP contribution in [0, 0.1) is 0 Å². The van der Waals surface area contributed by atoms with Crippen LogP contribution in [0.3, 0.4) is 0 Å². The van der Waals surface area contributed by atoms with E-state index in [1.54, 1.807) is 0 Å². The van der Waals surface area contributed by atoms with Gasteiger partial charge in [-0.3, -0.25) is 4.79 Å². The number of fused-ring (bicyclic) bond motifs is 2. The molecule has 0 spiro atoms. The zero-order chi connectivity index (χ0) is 21.4. The fourth-order valence-electron chi connectivity index (χ4n) is 4.19. The molecule has 3 heterocycles. The van der Waals surface area contributed by atoms with Gasteiger partial charge in [-0.25, -0.2) is 4.99 Å². The van der Waals surface area contributed by atoms with Crippen molar-refractivity contribution >= 4 is 64.4 Å². The Morgan fingerprint density at radius 2 is 1.84 bits per heavy atom. The topological polar surface area (TPSA) is 51.2 Å². The van der Waals surface area contributed by atoms with E-state index in [1.165, 1.54) is 0 Å². The summed E-state index contributed by atoms with van der Waals surface area (Å²) in [6.07, 6.45) is 5.83. The van der Waals surface area contributed by atoms with Crippen LogP contribution in [0.4, 0.5) is 17.1 Å². The summed E-state index contributed by atoms with van der Waals surface area (Å²) in [6, 6.07) is 13.9. The summed E-state index contributed by atoms with van der Waals surface area (Å²) in [5, 5.41) is 4.15. The van der Waals surface area contributed by atoms with Gasteiger partial charge in [0, 0.05) is 61.6 Å². The van der Waals surface area contributed by atoms with Crippen molar-refractivity contribution in [2.24, 2.45) is 4.99 Å². The van der Waals surface area contributed by atoms with E-state index in [-0.39, 0.29) is 29.9 Å². The Labute approximate surface area is 210 Å². The molecule has 2 aromatic carbocycles. The number of carbonyl (C=O) groups excluding carboxylic acids is 1. The van der Waals surface area contributed by atoms with Gasteiger partial charge in [0.05, 0.1) is 11.4 Å². The molecule has 3 aliphatic heterocycles. The molecule has 2 aromatic rings. The number of halogens is 2. The molecule has 0 unspecified atom stereocenters. The second-order valence-corrected chi connectivity index (χ2v) is 8.43. The first-order chi connectivity index (χ1) is 15.1. The van der Waals surface area contributed by atoms with E-state index in [0.717, 1.165) is 47.1 Å². The van der Waals surface area contributed by atoms with Crippen molar-refractivity contribution in [3.05, 3.63) is 77.0 Å². The smallest absolute Gasteiger partial charge is 0.251 e. The van der Waals surface area contributed by atoms with E-state index in [9.17, 15) is 4.79 Å². The first-order valence-corrected chi connectivity index (χ1v) is 10.8. The Balaban J connectivity index is 0.00000245. The van der Waals surface area contributed by atoms with E-state index in [4.69, 9.17) is 16.6 Å². The predicted octanol–water partition coefficient (Wildman–Crippen LogP) is 4.62. The van der Waals surface area contributed by atoms with Gasteiger partial charge in [-0.2, -0.15) is 0 Å². The predicted molar refractivity (Wildman–Crippen MR) is 141 cm³/mol. The molecule has 5 rings (SSSR count). The van der Waals surface area contributed by atoms with E-state index in [1.807, 2.05) is 65.5 Å². The normalized spacial score (nSPS) is 17.2. The number of hydrogen-bond acceptors (Lipinski definition) is 5. The average molecular weight is 562 g/mol. The molecular formula is C24H25ClIN5O. The zero-order valence-corrected chi connectivity index (χ0v) is 20.9. The molecule has 6 nitrogen and oxygen atoms in total. The third kappa shape index (κ3) is 4.49. The summed E-state index contributed by atoms with van der Waals surface area (Å²) in [5.41, 5.74) is 4.66. The number of hydrogen-bond donors (Lipinski definition) is 1. The molecule has 0 aromatic heterocycles. The molecule has 0 atom stereocenters. The number of aliphatic imine (C=N–C) groups is 1. The van der Waals surface area contributed by atoms with Gasteiger partial charge in [-0.05, 0) is 42.6 Å². The maximum absolute atomic E-state index is 13.0. The Hall–Kier alpha value is -2.52. The number of amidine groups is 1. The first kappa shape index (κ1) is 22.7. The van der Waals surface area contributed by atoms with Crippen LogP contribution in [0.15, 0.2) is 71.4 Å². The van der Waals surface area contributed by atoms with Crippen LogP contribution in [0.2, 0.25) is 5.02 Å². The van der Waals surface area contributed by atoms with Crippen LogP contribution < -0.4 is 5.32 Å². The Kier molecular flexibility index (Phi) is 6.76. The van der Waals surface area contributed by atoms with Gasteiger partial charge in [0.2, 0.25) is 0 Å². The van der Waals surface area contributed by atoms with Crippen molar-refractivity contribution in [1.82, 2.24) is 14.7 Å². The number of likely N-dealkylation sites (N-methyl/N-ethyl adjacent to an activating group) is 1. The summed E-state index contributed by atoms with van der Waals surface area (Å²) < 4.78 is 0. The molecule has 0 radical (unpaired) electrons. The Morgan fingerprint density at radius 1 is 1.06 bits per heavy atom. The van der Waals surface area contributed by atoms with Crippen LogP contribution in [0.1, 0.15) is 5.56 Å². The maximum Gasteiger partial charge on any atom is 0.251 e. The van der Waals surface area contributed by atoms with E-state index < -0.39 is 0 Å². The molecule has 0 saturated carbocycles. The number of nitrogens with one attached hydrogen (secondary N) is 1. The van der Waals surface area contributed by atoms with Crippen molar-refractivity contribution in [2.75, 3.05) is 45.1 Å². The molecule has 1 amide bonds. The van der Waals surface area contributed by atoms with Gasteiger partial charge in [-0.1, -0.05) is 29.8 Å². The number of nitrogens with zero attached hydrogens (tertiary/aromatic N) is 4. The zero-order valence-electron chi connectivity index (χ0n) is 17.8. The first-order valence-electron chi connectivity index (χ1n) is 10.4. The lowest BCUT2D eigenvalue weighted by Gasteiger charge is -2.37. The van der Waals surface area contributed by atoms with Crippen LogP contribution in [0.5, 0.6) is 0 Å². The van der Waals surface area contributed by atoms with Crippen molar-refractivity contribution in [2.45, 2.75) is 0 Å². The highest BCUT2D eigenvalue weighted by Crippen LogP contribution is 2.36. The van der Waals surface area contributed by atoms with Crippen LogP contribution >= 0.6 is 35.6 Å². The molecule has 1 fully saturated rings. The molecule has 3 aliphatic rings. The molecule has 0 aliphatic carbocycles. The fraction of sp³-hybridized carbons (Fsp3) is 0.250. The number of rotatable bonds is 1. The number of para-hydroxylation sites is 1. The van der Waals surface area contributed by atoms with Gasteiger partial charge >= 0.3 is 0 Å². The lowest BCUT2D eigenvalue weighted by atomic mass is 10.1. The summed E-state index contributed by atoms with van der Waals surface area (Å²) in [6.45, 7) is 3.45. The van der Waals surface area contributed by atoms with Crippen LogP contribution in [-0.2, 0) is 4.79 Å². The maximum atomic E-state index is 13.0. The van der Waals surface area contributed by atoms with Crippen LogP contribution in [0.25, 0.3) is 0 Å². The molecule has 0 bridgehead atoms. The summed E-state index contributed by atoms with van der Waals surface area (Å²) in [7, 11) is 1.98. The quantitative estimate of drug-likeness (QED) is 0.516. The van der Waals surface area contributed by atoms with Crippen LogP contribution in [-0.4, -0.2) is 66.2 Å². The molecule has 1 N–H and O–H groups in total. The number of benzene rings is 2. The van der Waals surface area contributed by atoms with Gasteiger partial charge in [0.1, 0.15) is 5.84 Å². The highest BCUT2D eigenvalue weighted by Gasteiger charge is 2.28. The van der Waals surface area contributed by atoms with E-state index >= 15 is 0 Å². The average Bonchev–Trinajstić information content (AvgIpc) is 2.95. The van der Waals surface area contributed by atoms with Gasteiger partial charge in [0.25, 0.3) is 5.91 Å². The molecule has 8 heteroatoms. The lowest BCUT2D eigenvalue weighted by Crippen LogP contribution is -2.51. The second-order valence-electron chi connectivity index (χ2n) is 8.00. The van der Waals surface area contributed by atoms with E-state index in [2.05, 4.69) is 22.3 Å². The summed E-state index contributed by atoms with van der Waals surface area (Å²) in [4.78, 5) is 24.2.